The first-order chi connectivity index (χ1) is 18.2. The molecule has 1 aliphatic heterocycles. The molecule has 1 aliphatic rings. The number of fused-ring (bicyclic) bond motifs is 1. The number of nitrogens with zero attached hydrogens (tertiary/aromatic N) is 5. The van der Waals surface area contributed by atoms with Gasteiger partial charge in [0.15, 0.2) is 5.75 Å². The molecule has 10 nitrogen and oxygen atoms in total. The van der Waals surface area contributed by atoms with Crippen molar-refractivity contribution in [3.8, 4) is 0 Å². The Morgan fingerprint density at radius 2 is 1.92 bits per heavy atom. The second kappa shape index (κ2) is 12.6. The maximum atomic E-state index is 13.0. The summed E-state index contributed by atoms with van der Waals surface area (Å²) in [5, 5.41) is 15.6. The van der Waals surface area contributed by atoms with Crippen LogP contribution in [-0.2, 0) is 21.2 Å². The van der Waals surface area contributed by atoms with Gasteiger partial charge in [-0.2, -0.15) is 13.2 Å². The van der Waals surface area contributed by atoms with Crippen LogP contribution in [0.3, 0.4) is 0 Å². The van der Waals surface area contributed by atoms with E-state index in [2.05, 4.69) is 50.8 Å². The van der Waals surface area contributed by atoms with Crippen LogP contribution in [0.5, 0.6) is 0 Å². The Labute approximate surface area is 230 Å². The molecule has 0 saturated heterocycles. The van der Waals surface area contributed by atoms with Gasteiger partial charge in [-0.1, -0.05) is 39.0 Å². The fraction of sp³-hybridized carbons (Fsp3) is 0.625. The fourth-order valence-corrected chi connectivity index (χ4v) is 5.92. The van der Waals surface area contributed by atoms with Crippen LogP contribution in [0.25, 0.3) is 0 Å². The van der Waals surface area contributed by atoms with Crippen LogP contribution in [-0.4, -0.2) is 55.2 Å². The number of ether oxygens (including phenoxy) is 1. The predicted octanol–water partition coefficient (Wildman–Crippen LogP) is 6.40. The normalized spacial score (nSPS) is 16.3. The van der Waals surface area contributed by atoms with E-state index in [9.17, 15) is 26.4 Å². The summed E-state index contributed by atoms with van der Waals surface area (Å²) in [6, 6.07) is 3.48. The van der Waals surface area contributed by atoms with Crippen LogP contribution in [0.2, 0.25) is 0 Å². The van der Waals surface area contributed by atoms with E-state index in [1.807, 2.05) is 13.8 Å². The Morgan fingerprint density at radius 3 is 2.54 bits per heavy atom. The maximum Gasteiger partial charge on any atom is 0.404 e. The summed E-state index contributed by atoms with van der Waals surface area (Å²) in [7, 11) is -4.79. The zero-order valence-electron chi connectivity index (χ0n) is 22.4. The molecule has 15 heteroatoms. The molecule has 1 atom stereocenters. The number of azo groups is 1. The summed E-state index contributed by atoms with van der Waals surface area (Å²) < 4.78 is 70.8. The number of hydrogen-bond donors (Lipinski definition) is 1. The number of nitrogens with one attached hydrogen (secondary N) is 1. The Balaban J connectivity index is 2.01. The Bertz CT molecular complexity index is 1290. The Hall–Kier alpha value is -2.81. The first-order valence-electron chi connectivity index (χ1n) is 12.7. The van der Waals surface area contributed by atoms with Gasteiger partial charge in [0.05, 0.1) is 12.3 Å². The molecule has 3 rings (SSSR count). The molecule has 0 radical (unpaired) electrons. The van der Waals surface area contributed by atoms with E-state index in [-0.39, 0.29) is 46.1 Å². The monoisotopic (exact) mass is 590 g/mol. The van der Waals surface area contributed by atoms with Gasteiger partial charge in [-0.15, -0.1) is 20.4 Å². The highest BCUT2D eigenvalue weighted by Crippen LogP contribution is 2.41. The molecule has 0 aliphatic carbocycles. The predicted molar refractivity (Wildman–Crippen MR) is 144 cm³/mol. The highest BCUT2D eigenvalue weighted by Gasteiger charge is 2.36. The molecule has 0 fully saturated rings. The summed E-state index contributed by atoms with van der Waals surface area (Å²) >= 11 is 0.825. The first-order valence-corrected chi connectivity index (χ1v) is 15.1. The van der Waals surface area contributed by atoms with Crippen LogP contribution in [0.15, 0.2) is 22.4 Å². The lowest BCUT2D eigenvalue weighted by Gasteiger charge is -2.42. The number of halogens is 3. The van der Waals surface area contributed by atoms with Gasteiger partial charge in [-0.25, -0.2) is 13.2 Å². The minimum absolute atomic E-state index is 0.000551. The average Bonchev–Trinajstić information content (AvgIpc) is 3.30. The van der Waals surface area contributed by atoms with Gasteiger partial charge in [0.25, 0.3) is 5.13 Å². The number of aryl methyl sites for hydroxylation is 1. The van der Waals surface area contributed by atoms with Gasteiger partial charge >= 0.3 is 12.1 Å². The minimum Gasteiger partial charge on any atom is -0.460 e. The number of carbonyl (C=O) groups is 1. The molecule has 1 aromatic heterocycles. The molecule has 0 bridgehead atoms. The van der Waals surface area contributed by atoms with Gasteiger partial charge in [0.1, 0.15) is 5.69 Å². The van der Waals surface area contributed by atoms with Crippen LogP contribution in [0.1, 0.15) is 69.2 Å². The average molecular weight is 591 g/mol. The van der Waals surface area contributed by atoms with Gasteiger partial charge < -0.3 is 9.64 Å². The van der Waals surface area contributed by atoms with Crippen LogP contribution < -0.4 is 9.62 Å². The third-order valence-electron chi connectivity index (χ3n) is 6.12. The molecule has 1 N–H and O–H groups in total. The van der Waals surface area contributed by atoms with E-state index < -0.39 is 27.9 Å². The fourth-order valence-electron chi connectivity index (χ4n) is 4.36. The molecule has 216 valence electrons. The molecule has 0 saturated carbocycles. The third-order valence-corrected chi connectivity index (χ3v) is 8.14. The van der Waals surface area contributed by atoms with E-state index in [0.29, 0.717) is 6.42 Å². The molecule has 1 unspecified atom stereocenters. The highest BCUT2D eigenvalue weighted by molar-refractivity contribution is 7.92. The Kier molecular flexibility index (Phi) is 9.91. The molecule has 2 heterocycles. The second-order valence-electron chi connectivity index (χ2n) is 9.82. The lowest BCUT2D eigenvalue weighted by molar-refractivity contribution is -0.106. The van der Waals surface area contributed by atoms with Crippen molar-refractivity contribution < 1.29 is 31.1 Å². The zero-order chi connectivity index (χ0) is 29.0. The third kappa shape index (κ3) is 8.34. The van der Waals surface area contributed by atoms with Crippen LogP contribution in [0.4, 0.5) is 35.4 Å². The molecule has 0 amide bonds. The molecule has 0 spiro atoms. The van der Waals surface area contributed by atoms with Crippen molar-refractivity contribution in [3.63, 3.8) is 0 Å². The van der Waals surface area contributed by atoms with E-state index in [0.717, 1.165) is 41.9 Å². The van der Waals surface area contributed by atoms with E-state index in [4.69, 9.17) is 4.74 Å². The number of aromatic nitrogens is 2. The number of hydrogen-bond acceptors (Lipinski definition) is 10. The van der Waals surface area contributed by atoms with Crippen molar-refractivity contribution in [2.75, 3.05) is 22.0 Å². The first kappa shape index (κ1) is 30.7. The second-order valence-corrected chi connectivity index (χ2v) is 12.5. The van der Waals surface area contributed by atoms with Crippen LogP contribution in [0, 0.1) is 5.92 Å². The van der Waals surface area contributed by atoms with Gasteiger partial charge in [-0.05, 0) is 56.2 Å². The van der Waals surface area contributed by atoms with Crippen molar-refractivity contribution in [1.29, 1.82) is 0 Å². The number of sulfonamides is 1. The van der Waals surface area contributed by atoms with Gasteiger partial charge in [0.2, 0.25) is 15.0 Å². The van der Waals surface area contributed by atoms with Crippen LogP contribution >= 0.6 is 11.3 Å². The quantitative estimate of drug-likeness (QED) is 0.237. The lowest BCUT2D eigenvalue weighted by Crippen LogP contribution is -2.44. The number of carbonyl (C=O) groups excluding carboxylic acids is 1. The van der Waals surface area contributed by atoms with Crippen molar-refractivity contribution in [2.24, 2.45) is 16.1 Å². The molecule has 39 heavy (non-hydrogen) atoms. The maximum absolute atomic E-state index is 13.0. The summed E-state index contributed by atoms with van der Waals surface area (Å²) in [4.78, 5) is 14.3. The number of anilines is 2. The largest absolute Gasteiger partial charge is 0.460 e. The molecule has 2 aromatic rings. The minimum atomic E-state index is -4.93. The molecular formula is C24H33F3N6O4S2. The number of rotatable bonds is 11. The van der Waals surface area contributed by atoms with E-state index in [1.54, 1.807) is 6.07 Å². The topological polar surface area (TPSA) is 126 Å². The van der Waals surface area contributed by atoms with Crippen molar-refractivity contribution in [3.05, 3.63) is 22.7 Å². The van der Waals surface area contributed by atoms with Crippen molar-refractivity contribution in [2.45, 2.75) is 78.6 Å². The summed E-state index contributed by atoms with van der Waals surface area (Å²) in [6.07, 6.45) is -1.72. The van der Waals surface area contributed by atoms with Crippen molar-refractivity contribution >= 4 is 49.5 Å². The SMILES string of the molecule is CCC(CC)N1c2cc(NS(=O)(=O)CC(F)(F)F)c(N=Nc3nnc(C(=O)OCC(C)C)s3)cc2CCC1C. The van der Waals surface area contributed by atoms with E-state index in [1.165, 1.54) is 6.07 Å². The zero-order valence-corrected chi connectivity index (χ0v) is 24.1. The summed E-state index contributed by atoms with van der Waals surface area (Å²) in [6.45, 7) is 10.2. The highest BCUT2D eigenvalue weighted by atomic mass is 32.2. The van der Waals surface area contributed by atoms with E-state index >= 15 is 0 Å². The Morgan fingerprint density at radius 1 is 1.23 bits per heavy atom. The number of esters is 1. The molecule has 1 aromatic carbocycles. The smallest absolute Gasteiger partial charge is 0.404 e. The standard InChI is InChI=1S/C24H33F3N6O4S2/c1-6-17(7-2)33-15(5)8-9-16-10-18(19(11-20(16)33)32-39(35,36)13-24(25,26)27)28-30-23-31-29-21(38-23)22(34)37-12-14(3)4/h10-11,14-15,17,32H,6-9,12-13H2,1-5H3. The molecular weight excluding hydrogens is 557 g/mol. The van der Waals surface area contributed by atoms with Gasteiger partial charge in [0, 0.05) is 17.8 Å². The number of alkyl halides is 3. The summed E-state index contributed by atoms with van der Waals surface area (Å²) in [5.41, 5.74) is 1.52. The van der Waals surface area contributed by atoms with Crippen molar-refractivity contribution in [1.82, 2.24) is 10.2 Å². The lowest BCUT2D eigenvalue weighted by atomic mass is 9.92. The number of benzene rings is 1. The summed E-state index contributed by atoms with van der Waals surface area (Å²) in [5.74, 6) is -2.57. The van der Waals surface area contributed by atoms with Gasteiger partial charge in [-0.3, -0.25) is 4.72 Å².